The second-order valence-electron chi connectivity index (χ2n) is 6.06. The molecule has 5 nitrogen and oxygen atoms in total. The Morgan fingerprint density at radius 1 is 1.15 bits per heavy atom. The van der Waals surface area contributed by atoms with Crippen molar-refractivity contribution in [2.45, 2.75) is 38.7 Å². The number of carbonyl (C=O) groups excluding carboxylic acids is 1. The Balaban J connectivity index is 2.92. The first-order chi connectivity index (χ1) is 9.05. The smallest absolute Gasteiger partial charge is 0.337 e. The molecule has 1 amide bonds. The van der Waals surface area contributed by atoms with Gasteiger partial charge in [0.1, 0.15) is 0 Å². The minimum Gasteiger partial charge on any atom is -0.479 e. The molecule has 0 spiro atoms. The summed E-state index contributed by atoms with van der Waals surface area (Å²) in [6.45, 7) is 6.77. The molecule has 1 aromatic carbocycles. The third-order valence-corrected chi connectivity index (χ3v) is 3.03. The number of nitrogens with one attached hydrogen (secondary N) is 1. The number of amides is 1. The van der Waals surface area contributed by atoms with E-state index >= 15 is 0 Å². The van der Waals surface area contributed by atoms with Crippen molar-refractivity contribution in [2.75, 3.05) is 6.54 Å². The van der Waals surface area contributed by atoms with Crippen molar-refractivity contribution in [3.05, 3.63) is 35.4 Å². The van der Waals surface area contributed by atoms with Gasteiger partial charge in [-0.1, -0.05) is 39.0 Å². The fourth-order valence-electron chi connectivity index (χ4n) is 1.76. The zero-order valence-corrected chi connectivity index (χ0v) is 12.2. The predicted octanol–water partition coefficient (Wildman–Crippen LogP) is 1.55. The lowest BCUT2D eigenvalue weighted by Gasteiger charge is -2.23. The van der Waals surface area contributed by atoms with Crippen molar-refractivity contribution in [1.82, 2.24) is 5.32 Å². The average molecular weight is 279 g/mol. The number of hydrogen-bond acceptors (Lipinski definition) is 3. The van der Waals surface area contributed by atoms with Crippen LogP contribution >= 0.6 is 0 Å². The molecule has 20 heavy (non-hydrogen) atoms. The molecule has 0 heterocycles. The van der Waals surface area contributed by atoms with E-state index in [4.69, 9.17) is 5.11 Å². The van der Waals surface area contributed by atoms with Gasteiger partial charge in [0.25, 0.3) is 5.91 Å². The number of carboxylic acid groups (broad SMARTS) is 1. The number of carbonyl (C=O) groups is 2. The van der Waals surface area contributed by atoms with E-state index in [9.17, 15) is 14.7 Å². The van der Waals surface area contributed by atoms with Gasteiger partial charge in [0, 0.05) is 5.56 Å². The highest BCUT2D eigenvalue weighted by atomic mass is 16.4. The monoisotopic (exact) mass is 279 g/mol. The molecule has 0 aliphatic carbocycles. The standard InChI is InChI=1S/C15H21NO4/c1-14(2,3)11-8-6-5-7-10(11)12(17)16-9-15(4,20)13(18)19/h5-8,20H,9H2,1-4H3,(H,16,17)(H,18,19). The van der Waals surface area contributed by atoms with Crippen molar-refractivity contribution >= 4 is 11.9 Å². The van der Waals surface area contributed by atoms with E-state index in [2.05, 4.69) is 5.32 Å². The molecular weight excluding hydrogens is 258 g/mol. The van der Waals surface area contributed by atoms with E-state index in [0.717, 1.165) is 12.5 Å². The Bertz CT molecular complexity index is 515. The fourth-order valence-corrected chi connectivity index (χ4v) is 1.76. The van der Waals surface area contributed by atoms with Crippen LogP contribution in [0.4, 0.5) is 0 Å². The lowest BCUT2D eigenvalue weighted by atomic mass is 9.83. The van der Waals surface area contributed by atoms with E-state index in [1.54, 1.807) is 12.1 Å². The molecule has 5 heteroatoms. The van der Waals surface area contributed by atoms with Crippen LogP contribution in [0.3, 0.4) is 0 Å². The summed E-state index contributed by atoms with van der Waals surface area (Å²) in [7, 11) is 0. The van der Waals surface area contributed by atoms with E-state index in [1.807, 2.05) is 32.9 Å². The lowest BCUT2D eigenvalue weighted by molar-refractivity contribution is -0.155. The van der Waals surface area contributed by atoms with E-state index in [1.165, 1.54) is 0 Å². The predicted molar refractivity (Wildman–Crippen MR) is 75.7 cm³/mol. The third kappa shape index (κ3) is 3.81. The van der Waals surface area contributed by atoms with Gasteiger partial charge in [-0.25, -0.2) is 4.79 Å². The molecule has 110 valence electrons. The Morgan fingerprint density at radius 2 is 1.70 bits per heavy atom. The number of benzene rings is 1. The first-order valence-electron chi connectivity index (χ1n) is 6.39. The minimum atomic E-state index is -1.98. The van der Waals surface area contributed by atoms with Crippen molar-refractivity contribution < 1.29 is 19.8 Å². The van der Waals surface area contributed by atoms with Gasteiger partial charge in [-0.15, -0.1) is 0 Å². The van der Waals surface area contributed by atoms with Crippen LogP contribution in [0.1, 0.15) is 43.6 Å². The molecule has 3 N–H and O–H groups in total. The summed E-state index contributed by atoms with van der Waals surface area (Å²) in [5.41, 5.74) is -0.830. The molecule has 1 aromatic rings. The molecule has 0 saturated carbocycles. The average Bonchev–Trinajstić information content (AvgIpc) is 2.35. The highest BCUT2D eigenvalue weighted by Gasteiger charge is 2.31. The second-order valence-corrected chi connectivity index (χ2v) is 6.06. The largest absolute Gasteiger partial charge is 0.479 e. The first kappa shape index (κ1) is 16.2. The zero-order chi connectivity index (χ0) is 15.6. The lowest BCUT2D eigenvalue weighted by Crippen LogP contribution is -2.46. The van der Waals surface area contributed by atoms with Crippen LogP contribution in [-0.4, -0.2) is 34.2 Å². The SMILES string of the molecule is CC(O)(CNC(=O)c1ccccc1C(C)(C)C)C(=O)O. The van der Waals surface area contributed by atoms with Gasteiger partial charge >= 0.3 is 5.97 Å². The molecule has 0 radical (unpaired) electrons. The van der Waals surface area contributed by atoms with E-state index < -0.39 is 17.5 Å². The molecule has 0 fully saturated rings. The van der Waals surface area contributed by atoms with Gasteiger partial charge in [-0.3, -0.25) is 4.79 Å². The Morgan fingerprint density at radius 3 is 2.20 bits per heavy atom. The molecule has 1 atom stereocenters. The second kappa shape index (κ2) is 5.63. The Labute approximate surface area is 118 Å². The Kier molecular flexibility index (Phi) is 4.55. The van der Waals surface area contributed by atoms with Crippen molar-refractivity contribution in [3.63, 3.8) is 0 Å². The van der Waals surface area contributed by atoms with Crippen LogP contribution in [0.2, 0.25) is 0 Å². The van der Waals surface area contributed by atoms with Gasteiger partial charge in [0.15, 0.2) is 5.60 Å². The van der Waals surface area contributed by atoms with Crippen LogP contribution in [0, 0.1) is 0 Å². The van der Waals surface area contributed by atoms with Gasteiger partial charge in [-0.2, -0.15) is 0 Å². The van der Waals surface area contributed by atoms with Crippen molar-refractivity contribution in [3.8, 4) is 0 Å². The van der Waals surface area contributed by atoms with E-state index in [0.29, 0.717) is 5.56 Å². The van der Waals surface area contributed by atoms with Crippen LogP contribution in [-0.2, 0) is 10.2 Å². The van der Waals surface area contributed by atoms with Gasteiger partial charge in [0.05, 0.1) is 6.54 Å². The fraction of sp³-hybridized carbons (Fsp3) is 0.467. The summed E-state index contributed by atoms with van der Waals surface area (Å²) in [6.07, 6.45) is 0. The number of aliphatic hydroxyl groups is 1. The molecule has 0 bridgehead atoms. The van der Waals surface area contributed by atoms with Crippen LogP contribution in [0.15, 0.2) is 24.3 Å². The maximum absolute atomic E-state index is 12.2. The highest BCUT2D eigenvalue weighted by Crippen LogP contribution is 2.25. The molecular formula is C15H21NO4. The number of carboxylic acids is 1. The summed E-state index contributed by atoms with van der Waals surface area (Å²) >= 11 is 0. The zero-order valence-electron chi connectivity index (χ0n) is 12.2. The van der Waals surface area contributed by atoms with Crippen LogP contribution in [0.25, 0.3) is 0 Å². The molecule has 0 saturated heterocycles. The van der Waals surface area contributed by atoms with Gasteiger partial charge in [-0.05, 0) is 24.0 Å². The van der Waals surface area contributed by atoms with Crippen molar-refractivity contribution in [1.29, 1.82) is 0 Å². The van der Waals surface area contributed by atoms with Gasteiger partial charge in [0.2, 0.25) is 0 Å². The van der Waals surface area contributed by atoms with Crippen molar-refractivity contribution in [2.24, 2.45) is 0 Å². The summed E-state index contributed by atoms with van der Waals surface area (Å²) in [4.78, 5) is 23.0. The first-order valence-corrected chi connectivity index (χ1v) is 6.39. The normalized spacial score (nSPS) is 14.4. The topological polar surface area (TPSA) is 86.6 Å². The van der Waals surface area contributed by atoms with Gasteiger partial charge < -0.3 is 15.5 Å². The minimum absolute atomic E-state index is 0.205. The van der Waals surface area contributed by atoms with Crippen LogP contribution < -0.4 is 5.32 Å². The molecule has 0 aliphatic rings. The quantitative estimate of drug-likeness (QED) is 0.780. The van der Waals surface area contributed by atoms with E-state index in [-0.39, 0.29) is 12.0 Å². The molecule has 1 rings (SSSR count). The summed E-state index contributed by atoms with van der Waals surface area (Å²) in [5.74, 6) is -1.76. The number of hydrogen-bond donors (Lipinski definition) is 3. The maximum Gasteiger partial charge on any atom is 0.337 e. The highest BCUT2D eigenvalue weighted by molar-refractivity contribution is 5.96. The molecule has 0 aromatic heterocycles. The molecule has 1 unspecified atom stereocenters. The summed E-state index contributed by atoms with van der Waals surface area (Å²) in [5, 5.41) is 20.9. The summed E-state index contributed by atoms with van der Waals surface area (Å²) < 4.78 is 0. The Hall–Kier alpha value is -1.88. The number of aliphatic carboxylic acids is 1. The van der Waals surface area contributed by atoms with Crippen LogP contribution in [0.5, 0.6) is 0 Å². The third-order valence-electron chi connectivity index (χ3n) is 3.03. The molecule has 0 aliphatic heterocycles. The maximum atomic E-state index is 12.2. The summed E-state index contributed by atoms with van der Waals surface area (Å²) in [6, 6.07) is 7.15. The number of rotatable bonds is 4.